The average molecular weight is 419 g/mol. The summed E-state index contributed by atoms with van der Waals surface area (Å²) in [4.78, 5) is 21.8. The summed E-state index contributed by atoms with van der Waals surface area (Å²) in [6, 6.07) is 5.74. The van der Waals surface area contributed by atoms with Gasteiger partial charge in [0.25, 0.3) is 0 Å². The third-order valence-electron chi connectivity index (χ3n) is 6.11. The van der Waals surface area contributed by atoms with Crippen molar-refractivity contribution in [2.45, 2.75) is 45.4 Å². The van der Waals surface area contributed by atoms with Crippen LogP contribution in [0, 0.1) is 11.8 Å². The Bertz CT molecular complexity index is 1100. The maximum atomic E-state index is 12.9. The molecule has 0 bridgehead atoms. The first kappa shape index (κ1) is 20.7. The highest BCUT2D eigenvalue weighted by Gasteiger charge is 2.20. The molecule has 2 atom stereocenters. The molecule has 1 saturated carbocycles. The summed E-state index contributed by atoms with van der Waals surface area (Å²) in [5, 5.41) is 2.44. The fourth-order valence-electron chi connectivity index (χ4n) is 4.35. The van der Waals surface area contributed by atoms with Crippen LogP contribution in [0.3, 0.4) is 0 Å². The van der Waals surface area contributed by atoms with Crippen LogP contribution in [-0.2, 0) is 6.42 Å². The summed E-state index contributed by atoms with van der Waals surface area (Å²) in [6.45, 7) is 2.30. The summed E-state index contributed by atoms with van der Waals surface area (Å²) in [5.74, 6) is 1.40. The number of fused-ring (bicyclic) bond motifs is 1. The molecule has 4 heteroatoms. The number of rotatable bonds is 6. The van der Waals surface area contributed by atoms with Gasteiger partial charge in [0.05, 0.1) is 5.35 Å². The quantitative estimate of drug-likeness (QED) is 0.384. The van der Waals surface area contributed by atoms with Crippen molar-refractivity contribution in [1.29, 1.82) is 0 Å². The number of allylic oxidation sites excluding steroid dienone is 4. The van der Waals surface area contributed by atoms with E-state index in [0.29, 0.717) is 29.6 Å². The van der Waals surface area contributed by atoms with E-state index in [1.807, 2.05) is 30.4 Å². The van der Waals surface area contributed by atoms with Crippen LogP contribution < -0.4 is 10.6 Å². The topological polar surface area (TPSA) is 42.9 Å². The Labute approximate surface area is 182 Å². The fourth-order valence-corrected chi connectivity index (χ4v) is 4.46. The fraction of sp³-hybridized carbons (Fsp3) is 0.346. The molecule has 4 rings (SSSR count). The standard InChI is InChI=1S/C26H27ClN2O/c1-18-7-5-8-20(18)9-6-12-25(30)24-16-21(15-19-13-14-26(27)28-17-19)22-10-3-2-4-11-23(22)29-24/h2,4,6,9-11,13-14,16-18,20H,3,5,7-8,12,15H2,1H3/b9-6+/t18-,20?/m0/s1. The van der Waals surface area contributed by atoms with Gasteiger partial charge in [-0.3, -0.25) is 4.79 Å². The zero-order valence-corrected chi connectivity index (χ0v) is 18.1. The molecule has 0 aromatic carbocycles. The molecular weight excluding hydrogens is 392 g/mol. The van der Waals surface area contributed by atoms with Crippen LogP contribution in [0.25, 0.3) is 12.2 Å². The lowest BCUT2D eigenvalue weighted by Gasteiger charge is -2.09. The third-order valence-corrected chi connectivity index (χ3v) is 6.33. The van der Waals surface area contributed by atoms with E-state index in [0.717, 1.165) is 34.0 Å². The predicted molar refractivity (Wildman–Crippen MR) is 123 cm³/mol. The minimum atomic E-state index is 0.0665. The molecule has 154 valence electrons. The molecule has 3 nitrogen and oxygen atoms in total. The van der Waals surface area contributed by atoms with Gasteiger partial charge in [-0.05, 0) is 60.4 Å². The van der Waals surface area contributed by atoms with Crippen LogP contribution in [0.4, 0.5) is 0 Å². The highest BCUT2D eigenvalue weighted by molar-refractivity contribution is 6.29. The van der Waals surface area contributed by atoms with E-state index < -0.39 is 0 Å². The first-order chi connectivity index (χ1) is 14.6. The van der Waals surface area contributed by atoms with E-state index in [1.54, 1.807) is 12.3 Å². The van der Waals surface area contributed by atoms with Crippen molar-refractivity contribution in [3.05, 3.63) is 81.2 Å². The summed E-state index contributed by atoms with van der Waals surface area (Å²) < 4.78 is 0. The average Bonchev–Trinajstić information content (AvgIpc) is 3.00. The van der Waals surface area contributed by atoms with Gasteiger partial charge in [-0.25, -0.2) is 9.97 Å². The van der Waals surface area contributed by atoms with Crippen molar-refractivity contribution < 1.29 is 4.79 Å². The lowest BCUT2D eigenvalue weighted by Crippen LogP contribution is -2.33. The molecule has 2 aliphatic carbocycles. The number of pyridine rings is 2. The molecule has 0 radical (unpaired) electrons. The Hall–Kier alpha value is -2.52. The van der Waals surface area contributed by atoms with Crippen molar-refractivity contribution in [2.75, 3.05) is 0 Å². The smallest absolute Gasteiger partial charge is 0.184 e. The number of hydrogen-bond donors (Lipinski definition) is 0. The van der Waals surface area contributed by atoms with Crippen molar-refractivity contribution >= 4 is 29.5 Å². The minimum Gasteiger partial charge on any atom is -0.292 e. The summed E-state index contributed by atoms with van der Waals surface area (Å²) in [5.41, 5.74) is 2.70. The second-order valence-electron chi connectivity index (χ2n) is 8.29. The molecule has 2 aliphatic rings. The Morgan fingerprint density at radius 3 is 2.97 bits per heavy atom. The Balaban J connectivity index is 1.61. The van der Waals surface area contributed by atoms with Gasteiger partial charge in [-0.15, -0.1) is 0 Å². The summed E-state index contributed by atoms with van der Waals surface area (Å²) in [6.07, 6.45) is 20.1. The summed E-state index contributed by atoms with van der Waals surface area (Å²) >= 11 is 5.93. The molecule has 2 heterocycles. The first-order valence-electron chi connectivity index (χ1n) is 10.8. The van der Waals surface area contributed by atoms with E-state index in [-0.39, 0.29) is 5.78 Å². The molecule has 1 fully saturated rings. The molecule has 1 unspecified atom stereocenters. The molecule has 0 N–H and O–H groups in total. The van der Waals surface area contributed by atoms with E-state index >= 15 is 0 Å². The minimum absolute atomic E-state index is 0.0665. The SMILES string of the molecule is C[C@H]1CCCC1/C=C/CC(=O)c1cc(Cc2ccc(Cl)nc2)c2c(n1)=CC=CCC=2. The monoisotopic (exact) mass is 418 g/mol. The van der Waals surface area contributed by atoms with E-state index in [1.165, 1.54) is 19.3 Å². The Morgan fingerprint density at radius 1 is 1.30 bits per heavy atom. The number of carbonyl (C=O) groups is 1. The normalized spacial score (nSPS) is 20.5. The van der Waals surface area contributed by atoms with Crippen molar-refractivity contribution in [1.82, 2.24) is 9.97 Å². The number of ketones is 1. The number of halogens is 1. The van der Waals surface area contributed by atoms with E-state index in [2.05, 4.69) is 30.1 Å². The van der Waals surface area contributed by atoms with Crippen LogP contribution in [-0.4, -0.2) is 15.8 Å². The molecule has 2 aromatic heterocycles. The number of nitrogens with zero attached hydrogens (tertiary/aromatic N) is 2. The molecule has 30 heavy (non-hydrogen) atoms. The Morgan fingerprint density at radius 2 is 2.20 bits per heavy atom. The maximum absolute atomic E-state index is 12.9. The number of carbonyl (C=O) groups excluding carboxylic acids is 1. The molecule has 0 amide bonds. The first-order valence-corrected chi connectivity index (χ1v) is 11.2. The van der Waals surface area contributed by atoms with Crippen molar-refractivity contribution in [3.8, 4) is 0 Å². The van der Waals surface area contributed by atoms with Crippen molar-refractivity contribution in [2.24, 2.45) is 11.8 Å². The van der Waals surface area contributed by atoms with Gasteiger partial charge in [-0.1, -0.05) is 67.8 Å². The van der Waals surface area contributed by atoms with E-state index in [9.17, 15) is 4.79 Å². The Kier molecular flexibility index (Phi) is 6.59. The van der Waals surface area contributed by atoms with Gasteiger partial charge in [0.2, 0.25) is 0 Å². The van der Waals surface area contributed by atoms with Gasteiger partial charge in [0.15, 0.2) is 5.78 Å². The molecule has 0 aliphatic heterocycles. The van der Waals surface area contributed by atoms with Crippen LogP contribution in [0.15, 0.2) is 48.7 Å². The van der Waals surface area contributed by atoms with Crippen LogP contribution in [0.1, 0.15) is 60.6 Å². The molecule has 2 aromatic rings. The zero-order chi connectivity index (χ0) is 20.9. The lowest BCUT2D eigenvalue weighted by atomic mass is 9.97. The highest BCUT2D eigenvalue weighted by atomic mass is 35.5. The predicted octanol–water partition coefficient (Wildman–Crippen LogP) is 4.81. The van der Waals surface area contributed by atoms with Gasteiger partial charge < -0.3 is 0 Å². The van der Waals surface area contributed by atoms with Gasteiger partial charge >= 0.3 is 0 Å². The third kappa shape index (κ3) is 4.96. The molecule has 0 saturated heterocycles. The van der Waals surface area contributed by atoms with Crippen LogP contribution in [0.2, 0.25) is 5.15 Å². The summed E-state index contributed by atoms with van der Waals surface area (Å²) in [7, 11) is 0. The molecule has 0 spiro atoms. The van der Waals surface area contributed by atoms with Gasteiger partial charge in [-0.2, -0.15) is 0 Å². The number of hydrogen-bond acceptors (Lipinski definition) is 3. The highest BCUT2D eigenvalue weighted by Crippen LogP contribution is 2.32. The number of aromatic nitrogens is 2. The molecular formula is C26H27ClN2O. The number of Topliss-reactive ketones (excluding diaryl/α,β-unsaturated/α-hetero) is 1. The lowest BCUT2D eigenvalue weighted by molar-refractivity contribution is 0.0990. The van der Waals surface area contributed by atoms with Gasteiger partial charge in [0, 0.05) is 17.8 Å². The maximum Gasteiger partial charge on any atom is 0.184 e. The van der Waals surface area contributed by atoms with Crippen LogP contribution >= 0.6 is 11.6 Å². The van der Waals surface area contributed by atoms with Crippen LogP contribution in [0.5, 0.6) is 0 Å². The van der Waals surface area contributed by atoms with E-state index in [4.69, 9.17) is 16.6 Å². The second-order valence-corrected chi connectivity index (χ2v) is 8.68. The van der Waals surface area contributed by atoms with Gasteiger partial charge in [0.1, 0.15) is 10.8 Å². The van der Waals surface area contributed by atoms with Crippen molar-refractivity contribution in [3.63, 3.8) is 0 Å². The zero-order valence-electron chi connectivity index (χ0n) is 17.4. The largest absolute Gasteiger partial charge is 0.292 e. The second kappa shape index (κ2) is 9.53.